The van der Waals surface area contributed by atoms with Crippen molar-refractivity contribution in [2.75, 3.05) is 68.8 Å². The average molecular weight is 1670 g/mol. The maximum Gasteiger partial charge on any atom is 0.410 e. The standard InChI is InChI=1S/C42H50N8O7.C40H47N7O5.C8H14O5/c1-23(2)35(47-41(53)56-5)39(51)49-17-7-9-33(49)37-43-22-32(46-37)29-14-13-25-19-26(11-12-27(25)20-29)28-15-16-30-31(21-28)45-38(44-30)34-10-8-18-50(34)40(52)36(24(3)55-4)48-42(54)57-6;1-23(2)34(45-38(49)51-6)37(48)46-17-7-9-32(46)35-41-22-31(44-35)28-14-13-24-19-25(11-12-26(24)20-28)27-15-16-29-30(21-27)43-36(42-29)33-10-8-18-47(33)39(50)52-40(3,4)5;1-5(12-2)6(8(10)11)4-7(9)13-3/h11-16,19-24,33-36H,7-10,17-18H2,1-6H3,(H,43,46)(H,44,45)(H,47,53)(H,48,54);11-16,19-23,32-34H,7-10,17-18H2,1-6H3,(H,41,44)(H,42,43)(H,45,49);5-6H,4H2,1-3H3,(H,10,11)/t24-,33?,34+,35+,36+;32?,33-,34-;5-,6+/m101/s1. The van der Waals surface area contributed by atoms with E-state index in [0.29, 0.717) is 32.0 Å². The fraction of sp³-hybridized carbons (Fsp3) is 0.456. The topological polar surface area (TPSA) is 402 Å². The van der Waals surface area contributed by atoms with Crippen LogP contribution in [0.5, 0.6) is 0 Å². The van der Waals surface area contributed by atoms with Gasteiger partial charge in [0, 0.05) is 51.5 Å². The fourth-order valence-electron chi connectivity index (χ4n) is 16.3. The van der Waals surface area contributed by atoms with Crippen LogP contribution in [-0.4, -0.2) is 223 Å². The molecule has 0 radical (unpaired) electrons. The molecule has 10 aromatic rings. The highest BCUT2D eigenvalue weighted by molar-refractivity contribution is 5.95. The third kappa shape index (κ3) is 20.4. The van der Waals surface area contributed by atoms with E-state index < -0.39 is 72.1 Å². The third-order valence-corrected chi connectivity index (χ3v) is 23.1. The monoisotopic (exact) mass is 1670 g/mol. The van der Waals surface area contributed by atoms with E-state index >= 15 is 0 Å². The SMILES string of the molecule is COC(=O)C[C@H](C(=O)O)[C@@H](C)OC.COC(=O)N[C@H](C(=O)N1CCCC1c1ncc(-c2ccc3cc(-c4ccc5nc([C@@H]6CCCN6C(=O)OC(C)(C)C)[nH]c5c4)ccc3c2)[nH]1)C(C)C.COC(=O)N[C@H](C(=O)N1CCCC1c1ncc(-c2ccc3cc(-c4ccc5nc([C@@H]6CCCN6C(=O)[C@@H](NC(=O)OC)[C@@H](C)OC)[nH]c5c4)ccc3c2)[nH]1)C(C)C. The number of hydrogen-bond donors (Lipinski definition) is 8. The molecular weight excluding hydrogens is 1560 g/mol. The summed E-state index contributed by atoms with van der Waals surface area (Å²) in [4.78, 5) is 151. The second-order valence-electron chi connectivity index (χ2n) is 33.0. The third-order valence-electron chi connectivity index (χ3n) is 23.1. The molecule has 648 valence electrons. The van der Waals surface area contributed by atoms with Crippen LogP contribution in [-0.2, 0) is 57.1 Å². The minimum atomic E-state index is -1.06. The number of imidazole rings is 4. The van der Waals surface area contributed by atoms with E-state index in [1.165, 1.54) is 42.7 Å². The van der Waals surface area contributed by atoms with E-state index in [1.807, 2.05) is 82.8 Å². The lowest BCUT2D eigenvalue weighted by molar-refractivity contribution is -0.154. The van der Waals surface area contributed by atoms with Crippen LogP contribution >= 0.6 is 0 Å². The summed E-state index contributed by atoms with van der Waals surface area (Å²) in [6.45, 7) is 19.0. The smallest absolute Gasteiger partial charge is 0.410 e. The zero-order chi connectivity index (χ0) is 87.5. The number of aliphatic carboxylic acids is 1. The highest BCUT2D eigenvalue weighted by Crippen LogP contribution is 2.40. The molecule has 14 rings (SSSR count). The molecule has 32 nitrogen and oxygen atoms in total. The lowest BCUT2D eigenvalue weighted by Crippen LogP contribution is -2.54. The Morgan fingerprint density at radius 2 is 0.779 bits per heavy atom. The van der Waals surface area contributed by atoms with Gasteiger partial charge in [-0.1, -0.05) is 88.4 Å². The maximum absolute atomic E-state index is 13.7. The van der Waals surface area contributed by atoms with Crippen molar-refractivity contribution in [3.8, 4) is 44.8 Å². The number of aromatic amines is 4. The number of aromatic nitrogens is 8. The van der Waals surface area contributed by atoms with E-state index in [9.17, 15) is 43.2 Å². The average Bonchev–Trinajstić information content (AvgIpc) is 1.60. The molecule has 4 aliphatic rings. The van der Waals surface area contributed by atoms with E-state index in [2.05, 4.69) is 138 Å². The zero-order valence-electron chi connectivity index (χ0n) is 71.7. The van der Waals surface area contributed by atoms with E-state index in [0.717, 1.165) is 157 Å². The molecule has 8 N–H and O–H groups in total. The van der Waals surface area contributed by atoms with Crippen molar-refractivity contribution in [3.63, 3.8) is 0 Å². The number of H-pyrrole nitrogens is 4. The number of carbonyl (C=O) groups is 9. The zero-order valence-corrected chi connectivity index (χ0v) is 71.7. The Morgan fingerprint density at radius 1 is 0.434 bits per heavy atom. The van der Waals surface area contributed by atoms with Gasteiger partial charge in [0.25, 0.3) is 0 Å². The van der Waals surface area contributed by atoms with Crippen molar-refractivity contribution >= 4 is 97.6 Å². The number of likely N-dealkylation sites (tertiary alicyclic amines) is 4. The number of hydrogen-bond acceptors (Lipinski definition) is 20. The summed E-state index contributed by atoms with van der Waals surface area (Å²) in [5.41, 5.74) is 10.8. The lowest BCUT2D eigenvalue weighted by Gasteiger charge is -2.30. The van der Waals surface area contributed by atoms with Gasteiger partial charge in [-0.3, -0.25) is 28.9 Å². The number of benzene rings is 6. The second-order valence-corrected chi connectivity index (χ2v) is 33.0. The first-order valence-electron chi connectivity index (χ1n) is 41.4. The minimum absolute atomic E-state index is 0.0975. The molecule has 0 spiro atoms. The van der Waals surface area contributed by atoms with Gasteiger partial charge in [0.15, 0.2) is 0 Å². The van der Waals surface area contributed by atoms with Gasteiger partial charge < -0.3 is 88.9 Å². The number of methoxy groups -OCH3 is 6. The Morgan fingerprint density at radius 3 is 1.15 bits per heavy atom. The molecule has 8 heterocycles. The second kappa shape index (κ2) is 38.9. The van der Waals surface area contributed by atoms with Crippen LogP contribution in [0.15, 0.2) is 122 Å². The Balaban J connectivity index is 0.000000195. The molecule has 4 aromatic heterocycles. The summed E-state index contributed by atoms with van der Waals surface area (Å²) < 4.78 is 34.6. The summed E-state index contributed by atoms with van der Waals surface area (Å²) in [5, 5.41) is 21.1. The highest BCUT2D eigenvalue weighted by atomic mass is 16.6. The minimum Gasteiger partial charge on any atom is -0.481 e. The molecule has 4 fully saturated rings. The number of nitrogens with zero attached hydrogens (tertiary/aromatic N) is 8. The van der Waals surface area contributed by atoms with Crippen LogP contribution in [0, 0.1) is 17.8 Å². The van der Waals surface area contributed by atoms with Crippen molar-refractivity contribution in [1.82, 2.24) is 75.4 Å². The molecule has 4 aliphatic heterocycles. The van der Waals surface area contributed by atoms with Crippen molar-refractivity contribution < 1.29 is 81.4 Å². The normalized spacial score (nSPS) is 18.0. The number of nitrogens with one attached hydrogen (secondary N) is 7. The number of carboxylic acid groups (broad SMARTS) is 1. The number of rotatable bonds is 23. The lowest BCUT2D eigenvalue weighted by atomic mass is 9.99. The van der Waals surface area contributed by atoms with Crippen LogP contribution in [0.25, 0.3) is 88.4 Å². The number of ether oxygens (including phenoxy) is 7. The molecule has 0 bridgehead atoms. The first-order chi connectivity index (χ1) is 58.4. The van der Waals surface area contributed by atoms with Crippen molar-refractivity contribution in [1.29, 1.82) is 0 Å². The molecule has 0 aliphatic carbocycles. The van der Waals surface area contributed by atoms with Crippen LogP contribution in [0.2, 0.25) is 0 Å². The summed E-state index contributed by atoms with van der Waals surface area (Å²) in [5.74, 6) is -0.242. The Kier molecular flexibility index (Phi) is 28.4. The Labute approximate surface area is 707 Å². The van der Waals surface area contributed by atoms with Gasteiger partial charge in [0.1, 0.15) is 47.0 Å². The van der Waals surface area contributed by atoms with Crippen LogP contribution < -0.4 is 16.0 Å². The molecule has 4 saturated heterocycles. The predicted molar refractivity (Wildman–Crippen MR) is 458 cm³/mol. The predicted octanol–water partition coefficient (Wildman–Crippen LogP) is 14.4. The summed E-state index contributed by atoms with van der Waals surface area (Å²) >= 11 is 0. The Bertz CT molecular complexity index is 5450. The van der Waals surface area contributed by atoms with Crippen LogP contribution in [0.4, 0.5) is 19.2 Å². The van der Waals surface area contributed by atoms with E-state index in [1.54, 1.807) is 23.6 Å². The number of esters is 1. The molecule has 7 amide bonds. The largest absolute Gasteiger partial charge is 0.481 e. The van der Waals surface area contributed by atoms with Gasteiger partial charge in [-0.2, -0.15) is 0 Å². The van der Waals surface area contributed by atoms with Crippen LogP contribution in [0.3, 0.4) is 0 Å². The molecule has 6 aromatic carbocycles. The van der Waals surface area contributed by atoms with Gasteiger partial charge in [0.2, 0.25) is 17.7 Å². The van der Waals surface area contributed by atoms with Gasteiger partial charge in [-0.05, 0) is 190 Å². The maximum atomic E-state index is 13.7. The summed E-state index contributed by atoms with van der Waals surface area (Å²) in [7, 11) is 7.97. The molecular formula is C90H111N15O17. The van der Waals surface area contributed by atoms with Gasteiger partial charge in [0.05, 0.1) is 123 Å². The van der Waals surface area contributed by atoms with Crippen molar-refractivity contribution in [2.45, 2.75) is 180 Å². The number of carbonyl (C=O) groups excluding carboxylic acids is 8. The van der Waals surface area contributed by atoms with E-state index in [4.69, 9.17) is 53.5 Å². The molecule has 122 heavy (non-hydrogen) atoms. The quantitative estimate of drug-likeness (QED) is 0.0218. The summed E-state index contributed by atoms with van der Waals surface area (Å²) in [6, 6.07) is 34.7. The number of carboxylic acids is 1. The van der Waals surface area contributed by atoms with E-state index in [-0.39, 0.29) is 66.2 Å². The van der Waals surface area contributed by atoms with Gasteiger partial charge in [-0.25, -0.2) is 39.1 Å². The first kappa shape index (κ1) is 88.8. The van der Waals surface area contributed by atoms with Crippen molar-refractivity contribution in [2.24, 2.45) is 17.8 Å². The summed E-state index contributed by atoms with van der Waals surface area (Å²) in [6.07, 6.45) is 6.72. The number of fused-ring (bicyclic) bond motifs is 4. The fourth-order valence-corrected chi connectivity index (χ4v) is 16.3. The number of alkyl carbamates (subject to hydrolysis) is 3. The highest BCUT2D eigenvalue weighted by Gasteiger charge is 2.43. The molecule has 10 atom stereocenters. The van der Waals surface area contributed by atoms with Gasteiger partial charge in [-0.15, -0.1) is 0 Å². The van der Waals surface area contributed by atoms with Gasteiger partial charge >= 0.3 is 36.3 Å². The van der Waals surface area contributed by atoms with Crippen LogP contribution in [0.1, 0.15) is 168 Å². The molecule has 32 heteroatoms. The Hall–Kier alpha value is -12.5. The number of amides is 7. The molecule has 0 saturated carbocycles. The first-order valence-corrected chi connectivity index (χ1v) is 41.4. The van der Waals surface area contributed by atoms with Crippen molar-refractivity contribution in [3.05, 3.63) is 145 Å². The molecule has 2 unspecified atom stereocenters.